The highest BCUT2D eigenvalue weighted by atomic mass is 32.2. The van der Waals surface area contributed by atoms with Crippen LogP contribution in [0.3, 0.4) is 0 Å². The number of hydrogen-bond donors (Lipinski definition) is 2. The first-order valence-electron chi connectivity index (χ1n) is 10.8. The number of benzene rings is 1. The molecule has 32 heavy (non-hydrogen) atoms. The molecule has 0 aromatic heterocycles. The maximum absolute atomic E-state index is 13.3. The Hall–Kier alpha value is -2.39. The molecule has 2 amide bonds. The number of nitrogens with zero attached hydrogens (tertiary/aromatic N) is 1. The molecular formula is C23H24N2O5S2. The number of nitrogens with one attached hydrogen (secondary N) is 1. The monoisotopic (exact) mass is 472 g/mol. The molecule has 2 N–H and O–H groups in total. The lowest BCUT2D eigenvalue weighted by Gasteiger charge is -2.55. The number of thioether (sulfide) groups is 1. The van der Waals surface area contributed by atoms with Gasteiger partial charge in [-0.05, 0) is 92.3 Å². The van der Waals surface area contributed by atoms with Crippen molar-refractivity contribution in [2.75, 3.05) is 6.61 Å². The lowest BCUT2D eigenvalue weighted by molar-refractivity contribution is -0.152. The molecule has 4 aliphatic carbocycles. The van der Waals surface area contributed by atoms with E-state index in [1.807, 2.05) is 0 Å². The second kappa shape index (κ2) is 8.19. The SMILES string of the molecule is O=C(O)COc1ccc(/C=C2/SC(=S)N(NC(=O)C34CC5CC(CC(C5)C3)C4)C2=O)cc1. The standard InChI is InChI=1S/C23H24N2O5S2/c26-19(27)12-30-17-3-1-13(2-4-17)8-18-20(28)25(22(31)32-18)24-21(29)23-9-14-5-15(10-23)7-16(6-14)11-23/h1-4,8,14-16H,5-7,9-12H2,(H,24,29)(H,26,27)/b18-8+. The molecule has 0 atom stereocenters. The van der Waals surface area contributed by atoms with E-state index in [1.165, 1.54) is 24.3 Å². The number of carboxylic acid groups (broad SMARTS) is 1. The molecule has 168 valence electrons. The predicted molar refractivity (Wildman–Crippen MR) is 123 cm³/mol. The Labute approximate surface area is 195 Å². The summed E-state index contributed by atoms with van der Waals surface area (Å²) < 4.78 is 5.44. The molecule has 4 bridgehead atoms. The molecule has 1 heterocycles. The summed E-state index contributed by atoms with van der Waals surface area (Å²) in [6.07, 6.45) is 8.21. The van der Waals surface area contributed by atoms with Gasteiger partial charge in [0, 0.05) is 0 Å². The van der Waals surface area contributed by atoms with Crippen molar-refractivity contribution in [3.05, 3.63) is 34.7 Å². The fourth-order valence-electron chi connectivity index (χ4n) is 6.13. The molecule has 1 saturated heterocycles. The van der Waals surface area contributed by atoms with Gasteiger partial charge in [-0.1, -0.05) is 23.9 Å². The first-order valence-corrected chi connectivity index (χ1v) is 12.1. The number of hydrogen-bond acceptors (Lipinski definition) is 6. The van der Waals surface area contributed by atoms with E-state index in [-0.39, 0.29) is 17.2 Å². The highest BCUT2D eigenvalue weighted by Gasteiger charge is 2.55. The average molecular weight is 473 g/mol. The van der Waals surface area contributed by atoms with Crippen LogP contribution in [0.2, 0.25) is 0 Å². The van der Waals surface area contributed by atoms with Crippen LogP contribution in [0.5, 0.6) is 5.75 Å². The lowest BCUT2D eigenvalue weighted by Crippen LogP contribution is -2.57. The maximum atomic E-state index is 13.3. The summed E-state index contributed by atoms with van der Waals surface area (Å²) >= 11 is 6.55. The lowest BCUT2D eigenvalue weighted by atomic mass is 9.49. The summed E-state index contributed by atoms with van der Waals surface area (Å²) in [4.78, 5) is 37.3. The van der Waals surface area contributed by atoms with Crippen LogP contribution in [0.1, 0.15) is 44.1 Å². The van der Waals surface area contributed by atoms with Crippen molar-refractivity contribution < 1.29 is 24.2 Å². The normalized spacial score (nSPS) is 31.9. The Morgan fingerprint density at radius 3 is 2.31 bits per heavy atom. The average Bonchev–Trinajstić information content (AvgIpc) is 2.99. The number of thiocarbonyl (C=S) groups is 1. The minimum absolute atomic E-state index is 0.0610. The summed E-state index contributed by atoms with van der Waals surface area (Å²) in [5, 5.41) is 9.90. The molecule has 1 aliphatic heterocycles. The summed E-state index contributed by atoms with van der Waals surface area (Å²) in [7, 11) is 0. The van der Waals surface area contributed by atoms with E-state index < -0.39 is 12.6 Å². The van der Waals surface area contributed by atoms with Gasteiger partial charge in [-0.15, -0.1) is 0 Å². The second-order valence-corrected chi connectivity index (χ2v) is 11.1. The van der Waals surface area contributed by atoms with Gasteiger partial charge < -0.3 is 9.84 Å². The van der Waals surface area contributed by atoms with Gasteiger partial charge in [0.15, 0.2) is 10.9 Å². The third kappa shape index (κ3) is 4.03. The van der Waals surface area contributed by atoms with Crippen LogP contribution in [-0.4, -0.2) is 38.8 Å². The maximum Gasteiger partial charge on any atom is 0.341 e. The minimum atomic E-state index is -1.05. The third-order valence-corrected chi connectivity index (χ3v) is 8.37. The molecule has 1 aromatic carbocycles. The van der Waals surface area contributed by atoms with E-state index in [0.717, 1.165) is 36.6 Å². The van der Waals surface area contributed by atoms with Crippen molar-refractivity contribution in [1.29, 1.82) is 0 Å². The third-order valence-electron chi connectivity index (χ3n) is 7.07. The number of amides is 2. The van der Waals surface area contributed by atoms with Gasteiger partial charge in [0.05, 0.1) is 10.3 Å². The first kappa shape index (κ1) is 21.5. The van der Waals surface area contributed by atoms with Crippen molar-refractivity contribution >= 4 is 52.2 Å². The van der Waals surface area contributed by atoms with Gasteiger partial charge in [0.25, 0.3) is 5.91 Å². The molecule has 6 rings (SSSR count). The first-order chi connectivity index (χ1) is 15.3. The van der Waals surface area contributed by atoms with E-state index in [9.17, 15) is 14.4 Å². The Morgan fingerprint density at radius 1 is 1.16 bits per heavy atom. The molecule has 0 unspecified atom stereocenters. The fourth-order valence-corrected chi connectivity index (χ4v) is 7.31. The molecular weight excluding hydrogens is 448 g/mol. The van der Waals surface area contributed by atoms with Crippen molar-refractivity contribution in [2.45, 2.75) is 38.5 Å². The molecule has 5 aliphatic rings. The zero-order valence-corrected chi connectivity index (χ0v) is 19.0. The number of carbonyl (C=O) groups excluding carboxylic acids is 2. The molecule has 1 aromatic rings. The van der Waals surface area contributed by atoms with Crippen LogP contribution < -0.4 is 10.2 Å². The Morgan fingerprint density at radius 2 is 1.75 bits per heavy atom. The van der Waals surface area contributed by atoms with E-state index >= 15 is 0 Å². The summed E-state index contributed by atoms with van der Waals surface area (Å²) in [5.74, 6) is 0.910. The van der Waals surface area contributed by atoms with E-state index in [2.05, 4.69) is 5.43 Å². The zero-order valence-electron chi connectivity index (χ0n) is 17.4. The van der Waals surface area contributed by atoms with Crippen LogP contribution in [0.4, 0.5) is 0 Å². The van der Waals surface area contributed by atoms with Crippen molar-refractivity contribution in [3.63, 3.8) is 0 Å². The van der Waals surface area contributed by atoms with Gasteiger partial charge in [-0.3, -0.25) is 15.0 Å². The highest BCUT2D eigenvalue weighted by Crippen LogP contribution is 2.60. The molecule has 4 saturated carbocycles. The number of carbonyl (C=O) groups is 3. The predicted octanol–water partition coefficient (Wildman–Crippen LogP) is 3.60. The molecule has 9 heteroatoms. The molecule has 0 spiro atoms. The van der Waals surface area contributed by atoms with Crippen LogP contribution >= 0.6 is 24.0 Å². The van der Waals surface area contributed by atoms with Crippen molar-refractivity contribution in [3.8, 4) is 5.75 Å². The Bertz CT molecular complexity index is 984. The number of ether oxygens (including phenoxy) is 1. The Balaban J connectivity index is 1.26. The van der Waals surface area contributed by atoms with Gasteiger partial charge >= 0.3 is 5.97 Å². The number of carboxylic acids is 1. The van der Waals surface area contributed by atoms with Crippen LogP contribution in [0.25, 0.3) is 6.08 Å². The topological polar surface area (TPSA) is 95.9 Å². The molecule has 7 nitrogen and oxygen atoms in total. The summed E-state index contributed by atoms with van der Waals surface area (Å²) in [6, 6.07) is 6.75. The molecule has 5 fully saturated rings. The van der Waals surface area contributed by atoms with Gasteiger partial charge in [-0.25, -0.2) is 4.79 Å². The number of rotatable bonds is 6. The summed E-state index contributed by atoms with van der Waals surface area (Å²) in [6.45, 7) is -0.415. The smallest absolute Gasteiger partial charge is 0.341 e. The quantitative estimate of drug-likeness (QED) is 0.482. The van der Waals surface area contributed by atoms with Gasteiger partial charge in [-0.2, -0.15) is 5.01 Å². The second-order valence-electron chi connectivity index (χ2n) is 9.41. The van der Waals surface area contributed by atoms with E-state index in [4.69, 9.17) is 22.1 Å². The number of aliphatic carboxylic acids is 1. The van der Waals surface area contributed by atoms with E-state index in [1.54, 1.807) is 30.3 Å². The van der Waals surface area contributed by atoms with Gasteiger partial charge in [0.2, 0.25) is 5.91 Å². The minimum Gasteiger partial charge on any atom is -0.482 e. The summed E-state index contributed by atoms with van der Waals surface area (Å²) in [5.41, 5.74) is 3.25. The Kier molecular flexibility index (Phi) is 5.49. The fraction of sp³-hybridized carbons (Fsp3) is 0.478. The largest absolute Gasteiger partial charge is 0.482 e. The van der Waals surface area contributed by atoms with Crippen LogP contribution in [0, 0.1) is 23.2 Å². The van der Waals surface area contributed by atoms with Gasteiger partial charge in [0.1, 0.15) is 5.75 Å². The zero-order chi connectivity index (χ0) is 22.5. The van der Waals surface area contributed by atoms with E-state index in [0.29, 0.717) is 32.7 Å². The van der Waals surface area contributed by atoms with Crippen molar-refractivity contribution in [2.24, 2.45) is 23.2 Å². The van der Waals surface area contributed by atoms with Crippen LogP contribution in [0.15, 0.2) is 29.2 Å². The van der Waals surface area contributed by atoms with Crippen molar-refractivity contribution in [1.82, 2.24) is 10.4 Å². The highest BCUT2D eigenvalue weighted by molar-refractivity contribution is 8.26. The molecule has 0 radical (unpaired) electrons. The number of hydrazine groups is 1. The van der Waals surface area contributed by atoms with Crippen LogP contribution in [-0.2, 0) is 14.4 Å².